The number of benzene rings is 6. The van der Waals surface area contributed by atoms with E-state index in [1.165, 1.54) is 0 Å². The maximum Gasteiger partial charge on any atom is 0.145 e. The molecule has 0 aliphatic carbocycles. The summed E-state index contributed by atoms with van der Waals surface area (Å²) < 4.78 is 9.37. The zero-order chi connectivity index (χ0) is 38.4. The second-order valence-electron chi connectivity index (χ2n) is 14.5. The molecule has 11 aromatic rings. The molecule has 5 aromatic heterocycles. The molecule has 0 spiro atoms. The normalized spacial score (nSPS) is 11.4. The van der Waals surface area contributed by atoms with Crippen molar-refractivity contribution in [1.82, 2.24) is 19.5 Å². The Morgan fingerprint density at radius 3 is 1.69 bits per heavy atom. The van der Waals surface area contributed by atoms with Crippen molar-refractivity contribution < 1.29 is 4.42 Å². The molecule has 5 nitrogen and oxygen atoms in total. The fourth-order valence-electron chi connectivity index (χ4n) is 8.29. The lowest BCUT2D eigenvalue weighted by Crippen LogP contribution is -1.96. The van der Waals surface area contributed by atoms with E-state index in [4.69, 9.17) is 9.40 Å². The molecule has 6 aromatic carbocycles. The van der Waals surface area contributed by atoms with Gasteiger partial charge in [-0.05, 0) is 94.5 Å². The van der Waals surface area contributed by atoms with E-state index in [1.54, 1.807) is 0 Å². The van der Waals surface area contributed by atoms with Gasteiger partial charge < -0.3 is 8.98 Å². The van der Waals surface area contributed by atoms with Gasteiger partial charge in [0.25, 0.3) is 0 Å². The molecular formula is C53H34N4O. The number of fused-ring (bicyclic) bond motifs is 5. The Morgan fingerprint density at radius 1 is 0.379 bits per heavy atom. The van der Waals surface area contributed by atoms with Gasteiger partial charge in [-0.25, -0.2) is 4.98 Å². The highest BCUT2D eigenvalue weighted by Crippen LogP contribution is 2.46. The minimum atomic E-state index is 0.871. The van der Waals surface area contributed by atoms with Gasteiger partial charge in [0.2, 0.25) is 0 Å². The Kier molecular flexibility index (Phi) is 8.07. The first-order chi connectivity index (χ1) is 28.8. The highest BCUT2D eigenvalue weighted by atomic mass is 16.3. The van der Waals surface area contributed by atoms with E-state index in [9.17, 15) is 0 Å². The van der Waals surface area contributed by atoms with E-state index < -0.39 is 0 Å². The molecule has 58 heavy (non-hydrogen) atoms. The van der Waals surface area contributed by atoms with Gasteiger partial charge in [-0.15, -0.1) is 0 Å². The van der Waals surface area contributed by atoms with Crippen molar-refractivity contribution in [1.29, 1.82) is 0 Å². The van der Waals surface area contributed by atoms with E-state index in [0.29, 0.717) is 0 Å². The van der Waals surface area contributed by atoms with E-state index in [2.05, 4.69) is 166 Å². The van der Waals surface area contributed by atoms with Gasteiger partial charge in [0, 0.05) is 63.5 Å². The lowest BCUT2D eigenvalue weighted by atomic mass is 9.98. The molecule has 5 heterocycles. The molecular weight excluding hydrogens is 709 g/mol. The van der Waals surface area contributed by atoms with E-state index in [0.717, 1.165) is 106 Å². The van der Waals surface area contributed by atoms with Crippen molar-refractivity contribution in [3.63, 3.8) is 0 Å². The number of rotatable bonds is 7. The van der Waals surface area contributed by atoms with Gasteiger partial charge in [0.05, 0.1) is 27.8 Å². The highest BCUT2D eigenvalue weighted by molar-refractivity contribution is 6.22. The van der Waals surface area contributed by atoms with Crippen molar-refractivity contribution in [2.75, 3.05) is 0 Å². The molecule has 0 unspecified atom stereocenters. The summed E-state index contributed by atoms with van der Waals surface area (Å²) in [6, 6.07) is 63.9. The van der Waals surface area contributed by atoms with Crippen LogP contribution in [-0.4, -0.2) is 19.5 Å². The Hall–Kier alpha value is -7.89. The second-order valence-corrected chi connectivity index (χ2v) is 14.5. The smallest absolute Gasteiger partial charge is 0.145 e. The lowest BCUT2D eigenvalue weighted by Gasteiger charge is -2.13. The molecule has 0 radical (unpaired) electrons. The first kappa shape index (κ1) is 33.4. The summed E-state index contributed by atoms with van der Waals surface area (Å²) >= 11 is 0. The SMILES string of the molecule is c1ccc(-c2oc3c(ccc4c3c3ccccc3n4-c3cccc(-c4cc(-c5ccc(-c6ccncc6)cc5)cc(-c5ccncc5)n4)c3)c2-c2ccccc2)cc1. The quantitative estimate of drug-likeness (QED) is 0.163. The van der Waals surface area contributed by atoms with Gasteiger partial charge in [-0.1, -0.05) is 115 Å². The summed E-state index contributed by atoms with van der Waals surface area (Å²) in [6.45, 7) is 0. The summed E-state index contributed by atoms with van der Waals surface area (Å²) in [5, 5.41) is 3.32. The van der Waals surface area contributed by atoms with Crippen LogP contribution < -0.4 is 0 Å². The van der Waals surface area contributed by atoms with E-state index in [-0.39, 0.29) is 0 Å². The fraction of sp³-hybridized carbons (Fsp3) is 0. The van der Waals surface area contributed by atoms with Gasteiger partial charge in [-0.2, -0.15) is 0 Å². The summed E-state index contributed by atoms with van der Waals surface area (Å²) in [7, 11) is 0. The number of pyridine rings is 3. The summed E-state index contributed by atoms with van der Waals surface area (Å²) in [5.74, 6) is 0.871. The van der Waals surface area contributed by atoms with Crippen LogP contribution in [0.25, 0.3) is 106 Å². The van der Waals surface area contributed by atoms with Crippen molar-refractivity contribution in [3.8, 4) is 72.9 Å². The topological polar surface area (TPSA) is 56.7 Å². The molecule has 0 atom stereocenters. The molecule has 272 valence electrons. The van der Waals surface area contributed by atoms with Crippen LogP contribution in [0.4, 0.5) is 0 Å². The predicted molar refractivity (Wildman–Crippen MR) is 237 cm³/mol. The molecule has 0 N–H and O–H groups in total. The van der Waals surface area contributed by atoms with Crippen molar-refractivity contribution >= 4 is 32.8 Å². The third kappa shape index (κ3) is 5.76. The van der Waals surface area contributed by atoms with Crippen LogP contribution in [0.2, 0.25) is 0 Å². The maximum absolute atomic E-state index is 7.02. The third-order valence-corrected chi connectivity index (χ3v) is 11.0. The molecule has 0 aliphatic heterocycles. The number of aromatic nitrogens is 4. The molecule has 0 saturated heterocycles. The van der Waals surface area contributed by atoms with Gasteiger partial charge in [0.1, 0.15) is 11.3 Å². The predicted octanol–water partition coefficient (Wildman–Crippen LogP) is 13.7. The highest BCUT2D eigenvalue weighted by Gasteiger charge is 2.23. The zero-order valence-electron chi connectivity index (χ0n) is 31.3. The van der Waals surface area contributed by atoms with E-state index >= 15 is 0 Å². The first-order valence-electron chi connectivity index (χ1n) is 19.4. The molecule has 0 amide bonds. The van der Waals surface area contributed by atoms with Crippen LogP contribution >= 0.6 is 0 Å². The van der Waals surface area contributed by atoms with Crippen LogP contribution in [0.3, 0.4) is 0 Å². The number of para-hydroxylation sites is 1. The number of nitrogens with zero attached hydrogens (tertiary/aromatic N) is 4. The number of hydrogen-bond donors (Lipinski definition) is 0. The Labute approximate surface area is 335 Å². The van der Waals surface area contributed by atoms with Crippen molar-refractivity contribution in [3.05, 3.63) is 207 Å². The van der Waals surface area contributed by atoms with Gasteiger partial charge in [-0.3, -0.25) is 9.97 Å². The average Bonchev–Trinajstić information content (AvgIpc) is 3.87. The van der Waals surface area contributed by atoms with Crippen LogP contribution in [0.1, 0.15) is 0 Å². The minimum absolute atomic E-state index is 0.871. The van der Waals surface area contributed by atoms with Crippen LogP contribution in [0.5, 0.6) is 0 Å². The Morgan fingerprint density at radius 2 is 0.966 bits per heavy atom. The van der Waals surface area contributed by atoms with E-state index in [1.807, 2.05) is 55.1 Å². The second kappa shape index (κ2) is 14.0. The fourth-order valence-corrected chi connectivity index (χ4v) is 8.29. The van der Waals surface area contributed by atoms with Gasteiger partial charge in [0.15, 0.2) is 0 Å². The largest absolute Gasteiger partial charge is 0.455 e. The Bertz CT molecular complexity index is 3250. The van der Waals surface area contributed by atoms with Crippen LogP contribution in [-0.2, 0) is 0 Å². The van der Waals surface area contributed by atoms with Crippen LogP contribution in [0, 0.1) is 0 Å². The van der Waals surface area contributed by atoms with Crippen molar-refractivity contribution in [2.24, 2.45) is 0 Å². The standard InChI is InChI=1S/C53H34N4O/c1-3-10-39(11-4-1)50-45-22-23-49-51(53(45)58-52(50)40-12-5-2-6-13-40)44-16-7-8-17-48(44)57(49)43-15-9-14-41(32-43)47-34-42(33-46(56-47)38-26-30-55-31-27-38)36-20-18-35(19-21-36)37-24-28-54-29-25-37/h1-34H. The summed E-state index contributed by atoms with van der Waals surface area (Å²) in [6.07, 6.45) is 7.29. The molecule has 5 heteroatoms. The van der Waals surface area contributed by atoms with Crippen molar-refractivity contribution in [2.45, 2.75) is 0 Å². The molecule has 0 aliphatic rings. The van der Waals surface area contributed by atoms with Gasteiger partial charge >= 0.3 is 0 Å². The number of furan rings is 1. The summed E-state index contributed by atoms with van der Waals surface area (Å²) in [4.78, 5) is 13.7. The molecule has 0 fully saturated rings. The zero-order valence-corrected chi connectivity index (χ0v) is 31.3. The average molecular weight is 743 g/mol. The number of hydrogen-bond acceptors (Lipinski definition) is 4. The minimum Gasteiger partial charge on any atom is -0.455 e. The maximum atomic E-state index is 7.02. The lowest BCUT2D eigenvalue weighted by molar-refractivity contribution is 0.636. The third-order valence-electron chi connectivity index (χ3n) is 11.0. The summed E-state index contributed by atoms with van der Waals surface area (Å²) in [5.41, 5.74) is 15.7. The molecule has 11 rings (SSSR count). The van der Waals surface area contributed by atoms with Crippen LogP contribution in [0.15, 0.2) is 211 Å². The molecule has 0 bridgehead atoms. The molecule has 0 saturated carbocycles. The Balaban J connectivity index is 1.09. The first-order valence-corrected chi connectivity index (χ1v) is 19.4. The monoisotopic (exact) mass is 742 g/mol.